The number of aromatic nitrogens is 1. The number of fused-ring (bicyclic) bond motifs is 1. The highest BCUT2D eigenvalue weighted by Gasteiger charge is 2.41. The van der Waals surface area contributed by atoms with Crippen LogP contribution in [0.3, 0.4) is 0 Å². The lowest BCUT2D eigenvalue weighted by atomic mass is 9.98. The van der Waals surface area contributed by atoms with Gasteiger partial charge >= 0.3 is 12.1 Å². The highest BCUT2D eigenvalue weighted by atomic mass is 32.1. The van der Waals surface area contributed by atoms with Gasteiger partial charge in [-0.05, 0) is 46.2 Å². The van der Waals surface area contributed by atoms with E-state index >= 15 is 0 Å². The van der Waals surface area contributed by atoms with Gasteiger partial charge in [-0.15, -0.1) is 0 Å². The number of nitrogens with one attached hydrogen (secondary N) is 1. The maximum absolute atomic E-state index is 12.4. The average Bonchev–Trinajstić information content (AvgIpc) is 3.23. The van der Waals surface area contributed by atoms with Crippen molar-refractivity contribution in [1.29, 1.82) is 0 Å². The number of rotatable bonds is 11. The van der Waals surface area contributed by atoms with Gasteiger partial charge in [0, 0.05) is 12.1 Å². The quantitative estimate of drug-likeness (QED) is 0.125. The molecule has 0 aliphatic rings. The number of benzene rings is 2. The molecule has 1 N–H and O–H groups in total. The van der Waals surface area contributed by atoms with Crippen LogP contribution in [0.15, 0.2) is 30.3 Å². The Balaban J connectivity index is 2.36. The molecule has 38 heavy (non-hydrogen) atoms. The summed E-state index contributed by atoms with van der Waals surface area (Å²) in [4.78, 5) is 28.0. The number of hydrogen-bond acceptors (Lipinski definition) is 11. The van der Waals surface area contributed by atoms with Crippen LogP contribution in [0.1, 0.15) is 40.2 Å². The number of thiazole rings is 1. The predicted octanol–water partition coefficient (Wildman–Crippen LogP) is 6.10. The van der Waals surface area contributed by atoms with Crippen molar-refractivity contribution < 1.29 is 37.8 Å². The Morgan fingerprint density at radius 1 is 1.18 bits per heavy atom. The molecule has 1 atom stereocenters. The first-order valence-corrected chi connectivity index (χ1v) is 13.4. The number of nitro groups is 1. The Hall–Kier alpha value is -3.09. The van der Waals surface area contributed by atoms with Crippen molar-refractivity contribution in [2.24, 2.45) is 0 Å². The second-order valence-corrected chi connectivity index (χ2v) is 10.2. The number of nitrogens with zero attached hydrogens (tertiary/aromatic N) is 2. The first-order valence-electron chi connectivity index (χ1n) is 11.6. The Morgan fingerprint density at radius 3 is 2.42 bits per heavy atom. The number of methoxy groups -OCH3 is 1. The molecule has 0 fully saturated rings. The topological polar surface area (TPSA) is 148 Å². The molecule has 1 unspecified atom stereocenters. The normalized spacial score (nSPS) is 12.3. The molecule has 12 nitrogen and oxygen atoms in total. The monoisotopic (exact) mass is 567 g/mol. The van der Waals surface area contributed by atoms with Crippen LogP contribution in [-0.4, -0.2) is 41.9 Å². The zero-order valence-corrected chi connectivity index (χ0v) is 23.8. The van der Waals surface area contributed by atoms with Gasteiger partial charge in [-0.3, -0.25) is 24.5 Å². The van der Waals surface area contributed by atoms with Crippen LogP contribution in [0.2, 0.25) is 0 Å². The van der Waals surface area contributed by atoms with Crippen molar-refractivity contribution in [2.45, 2.75) is 46.2 Å². The summed E-state index contributed by atoms with van der Waals surface area (Å²) < 4.78 is 40.7. The van der Waals surface area contributed by atoms with E-state index in [-0.39, 0.29) is 35.3 Å². The van der Waals surface area contributed by atoms with Gasteiger partial charge in [0.1, 0.15) is 11.4 Å². The van der Waals surface area contributed by atoms with Crippen LogP contribution < -0.4 is 10.1 Å². The van der Waals surface area contributed by atoms with Crippen LogP contribution in [-0.2, 0) is 29.3 Å². The van der Waals surface area contributed by atoms with Gasteiger partial charge in [-0.25, -0.2) is 9.78 Å². The van der Waals surface area contributed by atoms with E-state index in [0.717, 1.165) is 11.3 Å². The molecule has 0 aliphatic carbocycles. The lowest BCUT2D eigenvalue weighted by molar-refractivity contribution is -0.384. The van der Waals surface area contributed by atoms with Crippen LogP contribution in [0, 0.1) is 10.1 Å². The molecule has 1 aromatic heterocycles. The van der Waals surface area contributed by atoms with Crippen molar-refractivity contribution in [3.8, 4) is 16.9 Å². The van der Waals surface area contributed by atoms with Gasteiger partial charge in [-0.1, -0.05) is 23.5 Å². The third-order valence-corrected chi connectivity index (χ3v) is 6.32. The molecule has 1 heterocycles. The molecule has 1 amide bonds. The minimum atomic E-state index is -1.89. The van der Waals surface area contributed by atoms with E-state index in [1.54, 1.807) is 46.8 Å². The molecule has 206 valence electrons. The highest BCUT2D eigenvalue weighted by Crippen LogP contribution is 2.48. The number of non-ortho nitro benzene ring substituents is 1. The maximum atomic E-state index is 12.4. The Kier molecular flexibility index (Phi) is 9.45. The summed E-state index contributed by atoms with van der Waals surface area (Å²) in [6.45, 7) is 8.94. The second-order valence-electron chi connectivity index (χ2n) is 8.77. The fourth-order valence-electron chi connectivity index (χ4n) is 3.75. The number of hydrogen-bond donors (Lipinski definition) is 1. The number of carbonyl (C=O) groups is 1. The minimum absolute atomic E-state index is 0.140. The van der Waals surface area contributed by atoms with Crippen LogP contribution in [0.4, 0.5) is 15.6 Å². The Bertz CT molecular complexity index is 1330. The van der Waals surface area contributed by atoms with E-state index in [2.05, 4.69) is 10.3 Å². The molecule has 0 saturated heterocycles. The summed E-state index contributed by atoms with van der Waals surface area (Å²) >= 11 is 1.12. The van der Waals surface area contributed by atoms with Crippen LogP contribution >= 0.6 is 20.0 Å². The number of carbonyl (C=O) groups excluding carboxylic acids is 1. The van der Waals surface area contributed by atoms with E-state index in [1.807, 2.05) is 0 Å². The summed E-state index contributed by atoms with van der Waals surface area (Å²) in [6, 6.07) is 7.59. The zero-order chi connectivity index (χ0) is 28.1. The van der Waals surface area contributed by atoms with Gasteiger partial charge in [0.25, 0.3) is 5.69 Å². The fraction of sp³-hybridized carbons (Fsp3) is 0.417. The second kappa shape index (κ2) is 12.2. The largest absolute Gasteiger partial charge is 0.495 e. The molecule has 0 aliphatic heterocycles. The van der Waals surface area contributed by atoms with Crippen molar-refractivity contribution >= 4 is 47.2 Å². The third-order valence-electron chi connectivity index (χ3n) is 5.00. The molecule has 0 radical (unpaired) electrons. The number of nitro benzene ring substituents is 1. The SMILES string of the molecule is CCOC(OCC)(O[PH2]=O)c1cc2sc(NC(=O)OC(C)(C)C)nc2c(-c2cccc([N+](=O)[O-])c2)c1OC. The first-order chi connectivity index (χ1) is 18.0. The number of amides is 1. The molecule has 0 bridgehead atoms. The predicted molar refractivity (Wildman–Crippen MR) is 145 cm³/mol. The molecule has 3 aromatic rings. The summed E-state index contributed by atoms with van der Waals surface area (Å²) in [6.07, 6.45) is -0.697. The van der Waals surface area contributed by atoms with Gasteiger partial charge < -0.3 is 18.9 Å². The standard InChI is InChI=1S/C24H30N3O9PS/c1-7-33-24(34-8-2,36-37-31)16-13-17-19(25-21(38-17)26-22(28)35-23(3,4)5)18(20(16)32-6)14-10-9-11-15(12-14)27(29)30/h9-13H,7-8,37H2,1-6H3,(H,25,26,28). The molecule has 3 rings (SSSR count). The minimum Gasteiger partial charge on any atom is -0.495 e. The van der Waals surface area contributed by atoms with Gasteiger partial charge in [0.2, 0.25) is 0 Å². The first kappa shape index (κ1) is 29.5. The zero-order valence-electron chi connectivity index (χ0n) is 21.9. The lowest BCUT2D eigenvalue weighted by Crippen LogP contribution is -2.34. The molecule has 14 heteroatoms. The van der Waals surface area contributed by atoms with Crippen molar-refractivity contribution in [3.05, 3.63) is 46.0 Å². The van der Waals surface area contributed by atoms with Crippen LogP contribution in [0.5, 0.6) is 5.75 Å². The third kappa shape index (κ3) is 6.48. The molecule has 0 spiro atoms. The Morgan fingerprint density at radius 2 is 1.87 bits per heavy atom. The summed E-state index contributed by atoms with van der Waals surface area (Å²) in [5, 5.41) is 14.4. The van der Waals surface area contributed by atoms with E-state index < -0.39 is 31.3 Å². The van der Waals surface area contributed by atoms with Crippen molar-refractivity contribution in [1.82, 2.24) is 4.98 Å². The highest BCUT2D eigenvalue weighted by molar-refractivity contribution is 7.22. The smallest absolute Gasteiger partial charge is 0.413 e. The van der Waals surface area contributed by atoms with Gasteiger partial charge in [-0.2, -0.15) is 0 Å². The van der Waals surface area contributed by atoms with Crippen LogP contribution in [0.25, 0.3) is 21.3 Å². The summed E-state index contributed by atoms with van der Waals surface area (Å²) in [5.74, 6) is -1.71. The lowest BCUT2D eigenvalue weighted by Gasteiger charge is -2.32. The molecular weight excluding hydrogens is 537 g/mol. The molecular formula is C24H30N3O9PS. The fourth-order valence-corrected chi connectivity index (χ4v) is 5.04. The maximum Gasteiger partial charge on any atom is 0.413 e. The van der Waals surface area contributed by atoms with E-state index in [9.17, 15) is 19.5 Å². The van der Waals surface area contributed by atoms with E-state index in [0.29, 0.717) is 21.3 Å². The van der Waals surface area contributed by atoms with Gasteiger partial charge in [0.05, 0.1) is 46.6 Å². The van der Waals surface area contributed by atoms with E-state index in [4.69, 9.17) is 23.5 Å². The molecule has 2 aromatic carbocycles. The summed E-state index contributed by atoms with van der Waals surface area (Å²) in [5.41, 5.74) is 0.537. The van der Waals surface area contributed by atoms with Crippen molar-refractivity contribution in [2.75, 3.05) is 25.6 Å². The Labute approximate surface area is 224 Å². The van der Waals surface area contributed by atoms with Crippen molar-refractivity contribution in [3.63, 3.8) is 0 Å². The average molecular weight is 568 g/mol. The van der Waals surface area contributed by atoms with E-state index in [1.165, 1.54) is 25.3 Å². The number of ether oxygens (including phenoxy) is 4. The molecule has 0 saturated carbocycles. The van der Waals surface area contributed by atoms with Gasteiger partial charge in [0.15, 0.2) is 13.8 Å². The number of anilines is 1. The summed E-state index contributed by atoms with van der Waals surface area (Å²) in [7, 11) is -0.366.